The maximum absolute atomic E-state index is 11.0. The van der Waals surface area contributed by atoms with Gasteiger partial charge in [-0.2, -0.15) is 0 Å². The average Bonchev–Trinajstić information content (AvgIpc) is 2.71. The van der Waals surface area contributed by atoms with Crippen molar-refractivity contribution in [1.82, 2.24) is 0 Å². The third kappa shape index (κ3) is 5.29. The molecule has 3 aliphatic rings. The molecule has 4 nitrogen and oxygen atoms in total. The predicted molar refractivity (Wildman–Crippen MR) is 119 cm³/mol. The van der Waals surface area contributed by atoms with E-state index in [0.717, 1.165) is 44.9 Å². The molecule has 4 heteroatoms. The summed E-state index contributed by atoms with van der Waals surface area (Å²) in [5.74, 6) is 7.14. The minimum absolute atomic E-state index is 0.0858. The molecule has 3 N–H and O–H groups in total. The molecule has 3 rings (SSSR count). The maximum Gasteiger partial charge on any atom is 0.303 e. The summed E-state index contributed by atoms with van der Waals surface area (Å²) in [4.78, 5) is 10.9. The molecule has 0 spiro atoms. The lowest BCUT2D eigenvalue weighted by molar-refractivity contribution is -0.136. The fourth-order valence-electron chi connectivity index (χ4n) is 6.16. The van der Waals surface area contributed by atoms with E-state index in [-0.39, 0.29) is 18.3 Å². The first-order valence-electron chi connectivity index (χ1n) is 12.2. The van der Waals surface area contributed by atoms with Gasteiger partial charge in [-0.3, -0.25) is 4.79 Å². The average molecular weight is 417 g/mol. The number of carbonyl (C=O) groups is 1. The molecule has 0 bridgehead atoms. The van der Waals surface area contributed by atoms with E-state index < -0.39 is 17.7 Å². The molecule has 0 heterocycles. The maximum atomic E-state index is 11.0. The van der Waals surface area contributed by atoms with Gasteiger partial charge in [0, 0.05) is 6.42 Å². The number of carboxylic acid groups (broad SMARTS) is 1. The fourth-order valence-corrected chi connectivity index (χ4v) is 6.16. The number of fused-ring (bicyclic) bond motifs is 1. The number of aliphatic hydroxyl groups excluding tert-OH is 1. The summed E-state index contributed by atoms with van der Waals surface area (Å²) in [6, 6.07) is 0. The lowest BCUT2D eigenvalue weighted by atomic mass is 9.50. The Kier molecular flexibility index (Phi) is 8.04. The van der Waals surface area contributed by atoms with E-state index >= 15 is 0 Å². The van der Waals surface area contributed by atoms with Crippen LogP contribution in [0.15, 0.2) is 11.6 Å². The standard InChI is InChI=1S/C26H40O4/c1-3-4-11-20-19(12-8-13-24(28)29)21-14-15-23(27)22(25(20)21)16-17-26(2,30)18-9-6-5-7-10-18/h12,18,20-23,25,27,30H,3-11,13-15H2,1-2H3,(H,28,29)/t20?,21-,22+,23-,25+,26?/m1/s1. The molecule has 2 unspecified atom stereocenters. The summed E-state index contributed by atoms with van der Waals surface area (Å²) in [6.07, 6.45) is 13.2. The molecule has 0 amide bonds. The van der Waals surface area contributed by atoms with E-state index in [0.29, 0.717) is 24.2 Å². The van der Waals surface area contributed by atoms with Crippen molar-refractivity contribution in [1.29, 1.82) is 0 Å². The third-order valence-electron chi connectivity index (χ3n) is 7.89. The van der Waals surface area contributed by atoms with Crippen LogP contribution in [0.4, 0.5) is 0 Å². The Labute approximate surface area is 182 Å². The number of unbranched alkanes of at least 4 members (excludes halogenated alkanes) is 1. The summed E-state index contributed by atoms with van der Waals surface area (Å²) in [7, 11) is 0. The van der Waals surface area contributed by atoms with Crippen molar-refractivity contribution in [2.24, 2.45) is 29.6 Å². The molecule has 0 aliphatic heterocycles. The quantitative estimate of drug-likeness (QED) is 0.406. The summed E-state index contributed by atoms with van der Waals surface area (Å²) < 4.78 is 0. The molecule has 0 aromatic carbocycles. The number of hydrogen-bond donors (Lipinski definition) is 3. The first kappa shape index (κ1) is 23.4. The van der Waals surface area contributed by atoms with Gasteiger partial charge in [0.1, 0.15) is 5.60 Å². The number of carboxylic acids is 1. The van der Waals surface area contributed by atoms with Gasteiger partial charge in [0.2, 0.25) is 0 Å². The highest BCUT2D eigenvalue weighted by Gasteiger charge is 2.52. The van der Waals surface area contributed by atoms with Crippen LogP contribution in [0.5, 0.6) is 0 Å². The summed E-state index contributed by atoms with van der Waals surface area (Å²) >= 11 is 0. The van der Waals surface area contributed by atoms with Crippen LogP contribution in [-0.2, 0) is 4.79 Å². The molecule has 3 aliphatic carbocycles. The zero-order chi connectivity index (χ0) is 21.7. The van der Waals surface area contributed by atoms with Crippen LogP contribution in [0, 0.1) is 41.4 Å². The summed E-state index contributed by atoms with van der Waals surface area (Å²) in [5.41, 5.74) is 0.433. The van der Waals surface area contributed by atoms with Gasteiger partial charge in [0.05, 0.1) is 12.0 Å². The van der Waals surface area contributed by atoms with Crippen LogP contribution >= 0.6 is 0 Å². The zero-order valence-corrected chi connectivity index (χ0v) is 18.8. The first-order chi connectivity index (χ1) is 14.3. The molecule has 3 fully saturated rings. The zero-order valence-electron chi connectivity index (χ0n) is 18.8. The van der Waals surface area contributed by atoms with Crippen molar-refractivity contribution in [3.63, 3.8) is 0 Å². The van der Waals surface area contributed by atoms with E-state index in [1.54, 1.807) is 0 Å². The lowest BCUT2D eigenvalue weighted by Crippen LogP contribution is -2.51. The number of allylic oxidation sites excluding steroid dienone is 2. The lowest BCUT2D eigenvalue weighted by Gasteiger charge is -2.55. The molecule has 168 valence electrons. The van der Waals surface area contributed by atoms with Gasteiger partial charge in [-0.15, -0.1) is 0 Å². The highest BCUT2D eigenvalue weighted by Crippen LogP contribution is 2.57. The van der Waals surface area contributed by atoms with Crippen molar-refractivity contribution < 1.29 is 20.1 Å². The Balaban J connectivity index is 1.77. The van der Waals surface area contributed by atoms with Crippen LogP contribution in [0.3, 0.4) is 0 Å². The van der Waals surface area contributed by atoms with Crippen LogP contribution in [0.25, 0.3) is 0 Å². The topological polar surface area (TPSA) is 77.8 Å². The Bertz CT molecular complexity index is 677. The van der Waals surface area contributed by atoms with Crippen molar-refractivity contribution in [3.05, 3.63) is 11.6 Å². The summed E-state index contributed by atoms with van der Waals surface area (Å²) in [5, 5.41) is 30.8. The summed E-state index contributed by atoms with van der Waals surface area (Å²) in [6.45, 7) is 4.05. The van der Waals surface area contributed by atoms with Gasteiger partial charge < -0.3 is 15.3 Å². The Hall–Kier alpha value is -1.31. The van der Waals surface area contributed by atoms with E-state index in [4.69, 9.17) is 5.11 Å². The van der Waals surface area contributed by atoms with Crippen LogP contribution in [-0.4, -0.2) is 33.0 Å². The minimum atomic E-state index is -0.976. The van der Waals surface area contributed by atoms with Gasteiger partial charge in [0.25, 0.3) is 0 Å². The minimum Gasteiger partial charge on any atom is -0.481 e. The van der Waals surface area contributed by atoms with E-state index in [1.807, 2.05) is 6.92 Å². The van der Waals surface area contributed by atoms with E-state index in [9.17, 15) is 15.0 Å². The normalized spacial score (nSPS) is 34.9. The fraction of sp³-hybridized carbons (Fsp3) is 0.808. The molecule has 6 atom stereocenters. The number of aliphatic carboxylic acids is 1. The van der Waals surface area contributed by atoms with Crippen LogP contribution in [0.1, 0.15) is 90.9 Å². The highest BCUT2D eigenvalue weighted by atomic mass is 16.4. The smallest absolute Gasteiger partial charge is 0.303 e. The second-order valence-corrected chi connectivity index (χ2v) is 9.99. The van der Waals surface area contributed by atoms with Crippen molar-refractivity contribution in [3.8, 4) is 11.8 Å². The molecule has 30 heavy (non-hydrogen) atoms. The molecular weight excluding hydrogens is 376 g/mol. The molecule has 0 radical (unpaired) electrons. The van der Waals surface area contributed by atoms with Gasteiger partial charge in [-0.1, -0.05) is 62.5 Å². The molecule has 0 aromatic rings. The second-order valence-electron chi connectivity index (χ2n) is 9.99. The Morgan fingerprint density at radius 3 is 2.60 bits per heavy atom. The number of hydrogen-bond acceptors (Lipinski definition) is 3. The second kappa shape index (κ2) is 10.3. The Morgan fingerprint density at radius 1 is 1.20 bits per heavy atom. The number of rotatable bonds is 7. The molecule has 0 saturated heterocycles. The van der Waals surface area contributed by atoms with Crippen molar-refractivity contribution in [2.45, 2.75) is 103 Å². The van der Waals surface area contributed by atoms with Crippen molar-refractivity contribution >= 4 is 5.97 Å². The highest BCUT2D eigenvalue weighted by molar-refractivity contribution is 5.66. The molecular formula is C26H40O4. The molecule has 0 aromatic heterocycles. The SMILES string of the molecule is CCCCC1C(=CCCC(=O)O)[C@H]2CC[C@@H](O)[C@H](C#CC(C)(O)C3CCCCC3)[C@@H]12. The van der Waals surface area contributed by atoms with Gasteiger partial charge in [-0.25, -0.2) is 0 Å². The van der Waals surface area contributed by atoms with Gasteiger partial charge in [0.15, 0.2) is 0 Å². The first-order valence-corrected chi connectivity index (χ1v) is 12.2. The van der Waals surface area contributed by atoms with Crippen LogP contribution in [0.2, 0.25) is 0 Å². The van der Waals surface area contributed by atoms with Gasteiger partial charge >= 0.3 is 5.97 Å². The van der Waals surface area contributed by atoms with E-state index in [2.05, 4.69) is 24.8 Å². The van der Waals surface area contributed by atoms with E-state index in [1.165, 1.54) is 24.8 Å². The third-order valence-corrected chi connectivity index (χ3v) is 7.89. The van der Waals surface area contributed by atoms with Crippen LogP contribution < -0.4 is 0 Å². The molecule has 3 saturated carbocycles. The van der Waals surface area contributed by atoms with Gasteiger partial charge in [-0.05, 0) is 69.1 Å². The number of aliphatic hydroxyl groups is 2. The largest absolute Gasteiger partial charge is 0.481 e. The Morgan fingerprint density at radius 2 is 1.93 bits per heavy atom. The monoisotopic (exact) mass is 416 g/mol. The van der Waals surface area contributed by atoms with Crippen molar-refractivity contribution in [2.75, 3.05) is 0 Å². The predicted octanol–water partition coefficient (Wildman–Crippen LogP) is 4.94.